The second-order valence-corrected chi connectivity index (χ2v) is 4.76. The number of carbonyl (C=O) groups excluding carboxylic acids is 1. The van der Waals surface area contributed by atoms with E-state index in [9.17, 15) is 18.0 Å². The number of ether oxygens (including phenoxy) is 1. The van der Waals surface area contributed by atoms with Crippen LogP contribution in [0.1, 0.15) is 19.3 Å². The molecule has 1 aliphatic heterocycles. The SMILES string of the molecule is O=C1CCOCC1CN(CC(F)(F)F)C1CC1. The van der Waals surface area contributed by atoms with Crippen LogP contribution in [-0.2, 0) is 9.53 Å². The standard InChI is InChI=1S/C11H16F3NO2/c12-11(13,14)7-15(9-1-2-9)5-8-6-17-4-3-10(8)16/h8-9H,1-7H2. The highest BCUT2D eigenvalue weighted by Crippen LogP contribution is 2.31. The van der Waals surface area contributed by atoms with Crippen molar-refractivity contribution < 1.29 is 22.7 Å². The van der Waals surface area contributed by atoms with Gasteiger partial charge in [0.15, 0.2) is 0 Å². The van der Waals surface area contributed by atoms with E-state index in [-0.39, 0.29) is 30.9 Å². The second-order valence-electron chi connectivity index (χ2n) is 4.76. The predicted octanol–water partition coefficient (Wildman–Crippen LogP) is 1.62. The number of halogens is 3. The highest BCUT2D eigenvalue weighted by molar-refractivity contribution is 5.82. The Morgan fingerprint density at radius 2 is 2.06 bits per heavy atom. The zero-order valence-corrected chi connectivity index (χ0v) is 9.50. The van der Waals surface area contributed by atoms with Crippen LogP contribution in [0.15, 0.2) is 0 Å². The Bertz CT molecular complexity index is 289. The van der Waals surface area contributed by atoms with Crippen molar-refractivity contribution in [2.45, 2.75) is 31.5 Å². The molecule has 6 heteroatoms. The lowest BCUT2D eigenvalue weighted by Gasteiger charge is -2.29. The molecule has 0 aromatic carbocycles. The number of alkyl halides is 3. The maximum atomic E-state index is 12.4. The van der Waals surface area contributed by atoms with Crippen LogP contribution in [0.3, 0.4) is 0 Å². The number of rotatable bonds is 4. The Balaban J connectivity index is 1.90. The van der Waals surface area contributed by atoms with E-state index in [2.05, 4.69) is 0 Å². The zero-order valence-electron chi connectivity index (χ0n) is 9.50. The van der Waals surface area contributed by atoms with Gasteiger partial charge >= 0.3 is 6.18 Å². The highest BCUT2D eigenvalue weighted by atomic mass is 19.4. The monoisotopic (exact) mass is 251 g/mol. The van der Waals surface area contributed by atoms with E-state index in [1.807, 2.05) is 0 Å². The topological polar surface area (TPSA) is 29.5 Å². The fraction of sp³-hybridized carbons (Fsp3) is 0.909. The maximum absolute atomic E-state index is 12.4. The van der Waals surface area contributed by atoms with Crippen LogP contribution in [-0.4, -0.2) is 49.2 Å². The first-order valence-electron chi connectivity index (χ1n) is 5.87. The number of hydrogen-bond donors (Lipinski definition) is 0. The van der Waals surface area contributed by atoms with E-state index in [0.717, 1.165) is 12.8 Å². The van der Waals surface area contributed by atoms with E-state index in [1.165, 1.54) is 4.90 Å². The fourth-order valence-electron chi connectivity index (χ4n) is 2.15. The molecule has 98 valence electrons. The molecule has 1 heterocycles. The molecule has 0 spiro atoms. The molecule has 3 nitrogen and oxygen atoms in total. The van der Waals surface area contributed by atoms with Crippen molar-refractivity contribution in [1.82, 2.24) is 4.90 Å². The van der Waals surface area contributed by atoms with Gasteiger partial charge in [0.05, 0.1) is 25.7 Å². The quantitative estimate of drug-likeness (QED) is 0.760. The zero-order chi connectivity index (χ0) is 12.5. The molecule has 0 radical (unpaired) electrons. The molecule has 2 rings (SSSR count). The van der Waals surface area contributed by atoms with Gasteiger partial charge in [0.25, 0.3) is 0 Å². The van der Waals surface area contributed by atoms with Gasteiger partial charge in [-0.2, -0.15) is 13.2 Å². The average molecular weight is 251 g/mol. The fourth-order valence-corrected chi connectivity index (χ4v) is 2.15. The molecule has 0 aromatic rings. The van der Waals surface area contributed by atoms with Crippen molar-refractivity contribution in [3.05, 3.63) is 0 Å². The van der Waals surface area contributed by atoms with Gasteiger partial charge in [-0.05, 0) is 12.8 Å². The Morgan fingerprint density at radius 1 is 1.35 bits per heavy atom. The third kappa shape index (κ3) is 3.96. The normalized spacial score (nSPS) is 26.6. The molecule has 1 unspecified atom stereocenters. The van der Waals surface area contributed by atoms with E-state index in [0.29, 0.717) is 13.0 Å². The van der Waals surface area contributed by atoms with Crippen LogP contribution < -0.4 is 0 Å². The van der Waals surface area contributed by atoms with E-state index in [4.69, 9.17) is 4.74 Å². The number of nitrogens with zero attached hydrogens (tertiary/aromatic N) is 1. The van der Waals surface area contributed by atoms with Crippen LogP contribution in [0.2, 0.25) is 0 Å². The second kappa shape index (κ2) is 4.94. The molecule has 1 aliphatic carbocycles. The van der Waals surface area contributed by atoms with Gasteiger partial charge in [-0.1, -0.05) is 0 Å². The lowest BCUT2D eigenvalue weighted by Crippen LogP contribution is -2.43. The first kappa shape index (κ1) is 12.8. The van der Waals surface area contributed by atoms with Crippen LogP contribution in [0, 0.1) is 5.92 Å². The molecule has 0 aromatic heterocycles. The molecule has 2 fully saturated rings. The van der Waals surface area contributed by atoms with Crippen LogP contribution in [0.5, 0.6) is 0 Å². The largest absolute Gasteiger partial charge is 0.401 e. The van der Waals surface area contributed by atoms with Crippen molar-refractivity contribution in [1.29, 1.82) is 0 Å². The smallest absolute Gasteiger partial charge is 0.380 e. The summed E-state index contributed by atoms with van der Waals surface area (Å²) in [6.07, 6.45) is -2.26. The van der Waals surface area contributed by atoms with E-state index >= 15 is 0 Å². The van der Waals surface area contributed by atoms with E-state index < -0.39 is 12.7 Å². The molecule has 2 aliphatic rings. The summed E-state index contributed by atoms with van der Waals surface area (Å²) in [5.41, 5.74) is 0. The molecule has 1 saturated heterocycles. The minimum absolute atomic E-state index is 0.00588. The summed E-state index contributed by atoms with van der Waals surface area (Å²) < 4.78 is 42.3. The first-order chi connectivity index (χ1) is 7.96. The Kier molecular flexibility index (Phi) is 3.73. The van der Waals surface area contributed by atoms with Crippen molar-refractivity contribution >= 4 is 5.78 Å². The van der Waals surface area contributed by atoms with Crippen LogP contribution in [0.25, 0.3) is 0 Å². The average Bonchev–Trinajstić information content (AvgIpc) is 3.01. The van der Waals surface area contributed by atoms with Gasteiger partial charge in [-0.15, -0.1) is 0 Å². The Morgan fingerprint density at radius 3 is 2.59 bits per heavy atom. The van der Waals surface area contributed by atoms with E-state index in [1.54, 1.807) is 0 Å². The summed E-state index contributed by atoms with van der Waals surface area (Å²) in [5.74, 6) is -0.351. The van der Waals surface area contributed by atoms with Crippen molar-refractivity contribution in [2.75, 3.05) is 26.3 Å². The minimum Gasteiger partial charge on any atom is -0.380 e. The van der Waals surface area contributed by atoms with Gasteiger partial charge in [-0.25, -0.2) is 0 Å². The molecule has 1 saturated carbocycles. The molecular formula is C11H16F3NO2. The number of carbonyl (C=O) groups is 1. The first-order valence-corrected chi connectivity index (χ1v) is 5.87. The van der Waals surface area contributed by atoms with Crippen molar-refractivity contribution in [2.24, 2.45) is 5.92 Å². The summed E-state index contributed by atoms with van der Waals surface area (Å²) in [4.78, 5) is 12.9. The molecule has 1 atom stereocenters. The molecular weight excluding hydrogens is 235 g/mol. The summed E-state index contributed by atoms with van der Waals surface area (Å²) in [6, 6.07) is 0.00588. The lowest BCUT2D eigenvalue weighted by atomic mass is 10.00. The Hall–Kier alpha value is -0.620. The summed E-state index contributed by atoms with van der Waals surface area (Å²) in [7, 11) is 0. The third-order valence-electron chi connectivity index (χ3n) is 3.17. The van der Waals surface area contributed by atoms with Crippen LogP contribution >= 0.6 is 0 Å². The molecule has 0 N–H and O–H groups in total. The third-order valence-corrected chi connectivity index (χ3v) is 3.17. The predicted molar refractivity (Wildman–Crippen MR) is 54.6 cm³/mol. The summed E-state index contributed by atoms with van der Waals surface area (Å²) in [5, 5.41) is 0. The highest BCUT2D eigenvalue weighted by Gasteiger charge is 2.40. The number of Topliss-reactive ketones (excluding diaryl/α,β-unsaturated/α-hetero) is 1. The molecule has 0 amide bonds. The Labute approximate surface area is 97.9 Å². The number of ketones is 1. The lowest BCUT2D eigenvalue weighted by molar-refractivity contribution is -0.153. The van der Waals surface area contributed by atoms with Crippen molar-refractivity contribution in [3.8, 4) is 0 Å². The minimum atomic E-state index is -4.19. The van der Waals surface area contributed by atoms with Gasteiger partial charge in [0.1, 0.15) is 5.78 Å². The van der Waals surface area contributed by atoms with Gasteiger partial charge in [-0.3, -0.25) is 9.69 Å². The van der Waals surface area contributed by atoms with Crippen LogP contribution in [0.4, 0.5) is 13.2 Å². The molecule has 17 heavy (non-hydrogen) atoms. The van der Waals surface area contributed by atoms with Gasteiger partial charge in [0.2, 0.25) is 0 Å². The number of hydrogen-bond acceptors (Lipinski definition) is 3. The summed E-state index contributed by atoms with van der Waals surface area (Å²) in [6.45, 7) is -0.0671. The van der Waals surface area contributed by atoms with Crippen molar-refractivity contribution in [3.63, 3.8) is 0 Å². The maximum Gasteiger partial charge on any atom is 0.401 e. The van der Waals surface area contributed by atoms with Gasteiger partial charge < -0.3 is 4.74 Å². The summed E-state index contributed by atoms with van der Waals surface area (Å²) >= 11 is 0. The molecule has 0 bridgehead atoms. The van der Waals surface area contributed by atoms with Gasteiger partial charge in [0, 0.05) is 19.0 Å².